The number of nitrogens with one attached hydrogen (secondary N) is 1. The van der Waals surface area contributed by atoms with Crippen molar-refractivity contribution >= 4 is 21.7 Å². The van der Waals surface area contributed by atoms with E-state index < -0.39 is 16.1 Å². The van der Waals surface area contributed by atoms with Crippen molar-refractivity contribution in [3.8, 4) is 0 Å². The first kappa shape index (κ1) is 14.7. The van der Waals surface area contributed by atoms with Gasteiger partial charge >= 0.3 is 0 Å². The molecule has 1 aromatic heterocycles. The third-order valence-electron chi connectivity index (χ3n) is 3.21. The van der Waals surface area contributed by atoms with Crippen molar-refractivity contribution in [2.75, 3.05) is 18.8 Å². The molecule has 2 rings (SSSR count). The number of sulfonamides is 1. The van der Waals surface area contributed by atoms with Gasteiger partial charge in [-0.25, -0.2) is 13.4 Å². The molecule has 1 amide bonds. The molecule has 0 saturated carbocycles. The van der Waals surface area contributed by atoms with Gasteiger partial charge in [-0.05, 0) is 31.9 Å². The maximum atomic E-state index is 12.2. The summed E-state index contributed by atoms with van der Waals surface area (Å²) >= 11 is 0. The number of anilines is 1. The molecule has 8 heteroatoms. The van der Waals surface area contributed by atoms with Gasteiger partial charge in [0, 0.05) is 19.3 Å². The number of carbonyl (C=O) groups excluding carboxylic acids is 1. The van der Waals surface area contributed by atoms with Crippen molar-refractivity contribution < 1.29 is 13.2 Å². The molecule has 7 nitrogen and oxygen atoms in total. The zero-order valence-corrected chi connectivity index (χ0v) is 12.1. The lowest BCUT2D eigenvalue weighted by Crippen LogP contribution is -2.45. The summed E-state index contributed by atoms with van der Waals surface area (Å²) in [6.45, 7) is 2.89. The lowest BCUT2D eigenvalue weighted by molar-refractivity contribution is -0.131. The van der Waals surface area contributed by atoms with E-state index in [1.54, 1.807) is 4.90 Å². The number of pyridine rings is 1. The second-order valence-corrected chi connectivity index (χ2v) is 6.44. The third kappa shape index (κ3) is 3.07. The van der Waals surface area contributed by atoms with Gasteiger partial charge in [0.2, 0.25) is 15.9 Å². The zero-order chi connectivity index (χ0) is 14.8. The molecule has 1 aliphatic rings. The summed E-state index contributed by atoms with van der Waals surface area (Å²) in [4.78, 5) is 17.4. The number of nitrogens with zero attached hydrogens (tertiary/aromatic N) is 2. The fraction of sp³-hybridized carbons (Fsp3) is 0.500. The molecule has 2 heterocycles. The normalized spacial score (nSPS) is 17.1. The van der Waals surface area contributed by atoms with E-state index in [-0.39, 0.29) is 16.6 Å². The number of rotatable bonds is 4. The van der Waals surface area contributed by atoms with Gasteiger partial charge < -0.3 is 10.6 Å². The molecule has 1 atom stereocenters. The molecular formula is C12H18N4O3S. The number of carbonyl (C=O) groups is 1. The summed E-state index contributed by atoms with van der Waals surface area (Å²) in [5.41, 5.74) is 5.56. The molecule has 0 spiro atoms. The first-order chi connectivity index (χ1) is 9.42. The van der Waals surface area contributed by atoms with Crippen LogP contribution in [0.4, 0.5) is 5.82 Å². The van der Waals surface area contributed by atoms with Gasteiger partial charge in [0.1, 0.15) is 10.7 Å². The first-order valence-corrected chi connectivity index (χ1v) is 7.92. The average molecular weight is 298 g/mol. The van der Waals surface area contributed by atoms with E-state index in [0.717, 1.165) is 12.8 Å². The molecule has 20 heavy (non-hydrogen) atoms. The van der Waals surface area contributed by atoms with Gasteiger partial charge in [0.05, 0.1) is 6.04 Å². The van der Waals surface area contributed by atoms with Gasteiger partial charge in [-0.15, -0.1) is 0 Å². The van der Waals surface area contributed by atoms with E-state index in [1.807, 2.05) is 0 Å². The fourth-order valence-corrected chi connectivity index (χ4v) is 3.47. The van der Waals surface area contributed by atoms with Crippen LogP contribution in [-0.4, -0.2) is 43.3 Å². The lowest BCUT2D eigenvalue weighted by atomic mass is 10.3. The van der Waals surface area contributed by atoms with Crippen molar-refractivity contribution in [2.45, 2.75) is 30.7 Å². The highest BCUT2D eigenvalue weighted by molar-refractivity contribution is 7.89. The second-order valence-electron chi connectivity index (χ2n) is 4.76. The number of hydrogen-bond acceptors (Lipinski definition) is 5. The molecule has 0 aromatic carbocycles. The monoisotopic (exact) mass is 298 g/mol. The summed E-state index contributed by atoms with van der Waals surface area (Å²) < 4.78 is 26.7. The SMILES string of the molecule is CC(NS(=O)(=O)c1cccnc1N)C(=O)N1CCCC1. The maximum absolute atomic E-state index is 12.2. The van der Waals surface area contributed by atoms with Gasteiger partial charge in [0.25, 0.3) is 0 Å². The number of hydrogen-bond donors (Lipinski definition) is 2. The van der Waals surface area contributed by atoms with Crippen molar-refractivity contribution in [3.63, 3.8) is 0 Å². The minimum Gasteiger partial charge on any atom is -0.383 e. The van der Waals surface area contributed by atoms with E-state index in [1.165, 1.54) is 25.3 Å². The van der Waals surface area contributed by atoms with Crippen LogP contribution in [0.2, 0.25) is 0 Å². The minimum atomic E-state index is -3.85. The van der Waals surface area contributed by atoms with E-state index in [4.69, 9.17) is 5.73 Å². The van der Waals surface area contributed by atoms with Crippen molar-refractivity contribution in [1.82, 2.24) is 14.6 Å². The number of nitrogen functional groups attached to an aromatic ring is 1. The van der Waals surface area contributed by atoms with Crippen LogP contribution in [0.15, 0.2) is 23.2 Å². The van der Waals surface area contributed by atoms with Crippen molar-refractivity contribution in [2.24, 2.45) is 0 Å². The quantitative estimate of drug-likeness (QED) is 0.811. The van der Waals surface area contributed by atoms with Gasteiger partial charge in [-0.2, -0.15) is 4.72 Å². The number of amides is 1. The molecule has 110 valence electrons. The van der Waals surface area contributed by atoms with Crippen molar-refractivity contribution in [3.05, 3.63) is 18.3 Å². The predicted molar refractivity (Wildman–Crippen MR) is 74.2 cm³/mol. The Morgan fingerprint density at radius 2 is 2.10 bits per heavy atom. The highest BCUT2D eigenvalue weighted by atomic mass is 32.2. The largest absolute Gasteiger partial charge is 0.383 e. The predicted octanol–water partition coefficient (Wildman–Crippen LogP) is -0.0470. The first-order valence-electron chi connectivity index (χ1n) is 6.43. The summed E-state index contributed by atoms with van der Waals surface area (Å²) in [5.74, 6) is -0.297. The van der Waals surface area contributed by atoms with E-state index >= 15 is 0 Å². The second kappa shape index (κ2) is 5.76. The summed E-state index contributed by atoms with van der Waals surface area (Å²) in [6.07, 6.45) is 3.33. The van der Waals surface area contributed by atoms with E-state index in [0.29, 0.717) is 13.1 Å². The van der Waals surface area contributed by atoms with Crippen LogP contribution < -0.4 is 10.5 Å². The molecule has 3 N–H and O–H groups in total. The van der Waals surface area contributed by atoms with Gasteiger partial charge in [-0.1, -0.05) is 0 Å². The van der Waals surface area contributed by atoms with Crippen LogP contribution in [-0.2, 0) is 14.8 Å². The van der Waals surface area contributed by atoms with E-state index in [9.17, 15) is 13.2 Å². The minimum absolute atomic E-state index is 0.0826. The van der Waals surface area contributed by atoms with Crippen LogP contribution in [0.25, 0.3) is 0 Å². The average Bonchev–Trinajstić information content (AvgIpc) is 2.91. The number of aromatic nitrogens is 1. The van der Waals surface area contributed by atoms with Crippen molar-refractivity contribution in [1.29, 1.82) is 0 Å². The van der Waals surface area contributed by atoms with Crippen LogP contribution in [0.5, 0.6) is 0 Å². The Kier molecular flexibility index (Phi) is 4.24. The van der Waals surface area contributed by atoms with E-state index in [2.05, 4.69) is 9.71 Å². The Morgan fingerprint density at radius 1 is 1.45 bits per heavy atom. The van der Waals surface area contributed by atoms with Crippen LogP contribution in [0.3, 0.4) is 0 Å². The topological polar surface area (TPSA) is 105 Å². The number of nitrogens with two attached hydrogens (primary N) is 1. The maximum Gasteiger partial charge on any atom is 0.244 e. The molecule has 0 bridgehead atoms. The molecule has 1 aromatic rings. The van der Waals surface area contributed by atoms with Crippen LogP contribution in [0, 0.1) is 0 Å². The van der Waals surface area contributed by atoms with Gasteiger partial charge in [-0.3, -0.25) is 4.79 Å². The molecule has 0 radical (unpaired) electrons. The summed E-state index contributed by atoms with van der Waals surface area (Å²) in [5, 5.41) is 0. The standard InChI is InChI=1S/C12H18N4O3S/c1-9(12(17)16-7-2-3-8-16)15-20(18,19)10-5-4-6-14-11(10)13/h4-6,9,15H,2-3,7-8H2,1H3,(H2,13,14). The molecule has 1 unspecified atom stereocenters. The third-order valence-corrected chi connectivity index (χ3v) is 4.80. The Labute approximate surface area is 118 Å². The highest BCUT2D eigenvalue weighted by Gasteiger charge is 2.28. The summed E-state index contributed by atoms with van der Waals surface area (Å²) in [6, 6.07) is 2.02. The molecule has 0 aliphatic carbocycles. The summed E-state index contributed by atoms with van der Waals surface area (Å²) in [7, 11) is -3.85. The van der Waals surface area contributed by atoms with Gasteiger partial charge in [0.15, 0.2) is 0 Å². The Morgan fingerprint density at radius 3 is 2.70 bits per heavy atom. The molecule has 1 fully saturated rings. The Balaban J connectivity index is 2.12. The fourth-order valence-electron chi connectivity index (χ4n) is 2.19. The lowest BCUT2D eigenvalue weighted by Gasteiger charge is -2.21. The highest BCUT2D eigenvalue weighted by Crippen LogP contribution is 2.16. The zero-order valence-electron chi connectivity index (χ0n) is 11.2. The smallest absolute Gasteiger partial charge is 0.244 e. The number of likely N-dealkylation sites (tertiary alicyclic amines) is 1. The van der Waals surface area contributed by atoms with Crippen LogP contribution in [0.1, 0.15) is 19.8 Å². The Hall–Kier alpha value is -1.67. The molecule has 1 aliphatic heterocycles. The molecule has 1 saturated heterocycles. The van der Waals surface area contributed by atoms with Crippen LogP contribution >= 0.6 is 0 Å². The molecular weight excluding hydrogens is 280 g/mol. The Bertz CT molecular complexity index is 596.